The summed E-state index contributed by atoms with van der Waals surface area (Å²) in [5.74, 6) is 1.51. The first-order chi connectivity index (χ1) is 12.8. The van der Waals surface area contributed by atoms with Gasteiger partial charge in [-0.15, -0.1) is 0 Å². The molecule has 0 bridgehead atoms. The maximum absolute atomic E-state index is 5.95. The third-order valence-corrected chi connectivity index (χ3v) is 4.18. The maximum atomic E-state index is 5.95. The van der Waals surface area contributed by atoms with Gasteiger partial charge in [-0.25, -0.2) is 4.98 Å². The quantitative estimate of drug-likeness (QED) is 0.486. The Morgan fingerprint density at radius 2 is 1.65 bits per heavy atom. The molecule has 3 aromatic rings. The Morgan fingerprint density at radius 3 is 2.38 bits per heavy atom. The molecule has 3 N–H and O–H groups in total. The fraction of sp³-hybridized carbons (Fsp3) is 0.238. The second kappa shape index (κ2) is 9.42. The predicted octanol–water partition coefficient (Wildman–Crippen LogP) is 2.62. The second-order valence-electron chi connectivity index (χ2n) is 6.14. The predicted molar refractivity (Wildman–Crippen MR) is 106 cm³/mol. The van der Waals surface area contributed by atoms with E-state index in [0.717, 1.165) is 31.8 Å². The largest absolute Gasteiger partial charge is 0.370 e. The standard InChI is InChI=1S/C21H25N5/c22-21(24-13-11-18-7-3-1-4-8-18)25-14-12-20-23-15-16-26(20)17-19-9-5-2-6-10-19/h1-10,15-16H,11-14,17H2,(H3,22,24,25). The number of guanidine groups is 1. The minimum Gasteiger partial charge on any atom is -0.370 e. The molecule has 2 aromatic carbocycles. The highest BCUT2D eigenvalue weighted by atomic mass is 15.1. The number of nitrogens with two attached hydrogens (primary N) is 1. The zero-order chi connectivity index (χ0) is 18.0. The summed E-state index contributed by atoms with van der Waals surface area (Å²) < 4.78 is 2.16. The van der Waals surface area contributed by atoms with Crippen LogP contribution in [0.25, 0.3) is 0 Å². The van der Waals surface area contributed by atoms with Gasteiger partial charge in [0.25, 0.3) is 0 Å². The lowest BCUT2D eigenvalue weighted by molar-refractivity contribution is 0.715. The van der Waals surface area contributed by atoms with Crippen LogP contribution < -0.4 is 11.1 Å². The van der Waals surface area contributed by atoms with E-state index in [0.29, 0.717) is 12.5 Å². The van der Waals surface area contributed by atoms with Gasteiger partial charge < -0.3 is 15.6 Å². The van der Waals surface area contributed by atoms with Crippen molar-refractivity contribution in [2.75, 3.05) is 13.1 Å². The Morgan fingerprint density at radius 1 is 0.962 bits per heavy atom. The molecule has 134 valence electrons. The van der Waals surface area contributed by atoms with Crippen molar-refractivity contribution in [1.82, 2.24) is 14.9 Å². The van der Waals surface area contributed by atoms with Crippen LogP contribution in [0, 0.1) is 0 Å². The average molecular weight is 347 g/mol. The molecule has 0 saturated carbocycles. The smallest absolute Gasteiger partial charge is 0.188 e. The highest BCUT2D eigenvalue weighted by Gasteiger charge is 2.03. The molecule has 26 heavy (non-hydrogen) atoms. The fourth-order valence-electron chi connectivity index (χ4n) is 2.80. The molecule has 1 heterocycles. The number of hydrogen-bond donors (Lipinski definition) is 2. The molecule has 5 heteroatoms. The highest BCUT2D eigenvalue weighted by Crippen LogP contribution is 2.06. The van der Waals surface area contributed by atoms with Crippen LogP contribution in [0.5, 0.6) is 0 Å². The second-order valence-corrected chi connectivity index (χ2v) is 6.14. The lowest BCUT2D eigenvalue weighted by atomic mass is 10.1. The van der Waals surface area contributed by atoms with E-state index in [1.54, 1.807) is 0 Å². The number of aromatic nitrogens is 2. The first-order valence-electron chi connectivity index (χ1n) is 8.93. The molecule has 5 nitrogen and oxygen atoms in total. The molecular formula is C21H25N5. The van der Waals surface area contributed by atoms with Crippen molar-refractivity contribution in [3.63, 3.8) is 0 Å². The van der Waals surface area contributed by atoms with E-state index in [-0.39, 0.29) is 0 Å². The number of hydrogen-bond acceptors (Lipinski definition) is 2. The lowest BCUT2D eigenvalue weighted by Gasteiger charge is -2.08. The van der Waals surface area contributed by atoms with E-state index in [9.17, 15) is 0 Å². The summed E-state index contributed by atoms with van der Waals surface area (Å²) in [6.07, 6.45) is 5.54. The number of aliphatic imine (C=N–C) groups is 1. The molecule has 0 unspecified atom stereocenters. The Balaban J connectivity index is 1.44. The summed E-state index contributed by atoms with van der Waals surface area (Å²) in [5, 5.41) is 3.17. The molecule has 0 atom stereocenters. The monoisotopic (exact) mass is 347 g/mol. The summed E-state index contributed by atoms with van der Waals surface area (Å²) in [6, 6.07) is 20.7. The summed E-state index contributed by atoms with van der Waals surface area (Å²) in [6.45, 7) is 2.22. The number of rotatable bonds is 8. The van der Waals surface area contributed by atoms with Gasteiger partial charge in [0.2, 0.25) is 0 Å². The van der Waals surface area contributed by atoms with Crippen LogP contribution in [-0.4, -0.2) is 28.6 Å². The van der Waals surface area contributed by atoms with Gasteiger partial charge in [0.05, 0.1) is 0 Å². The van der Waals surface area contributed by atoms with Crippen molar-refractivity contribution in [3.05, 3.63) is 90.0 Å². The first kappa shape index (κ1) is 17.7. The number of imidazole rings is 1. The van der Waals surface area contributed by atoms with Gasteiger partial charge >= 0.3 is 0 Å². The van der Waals surface area contributed by atoms with Crippen LogP contribution in [-0.2, 0) is 19.4 Å². The third-order valence-electron chi connectivity index (χ3n) is 4.18. The van der Waals surface area contributed by atoms with Crippen LogP contribution in [0.1, 0.15) is 17.0 Å². The third kappa shape index (κ3) is 5.48. The fourth-order valence-corrected chi connectivity index (χ4v) is 2.80. The summed E-state index contributed by atoms with van der Waals surface area (Å²) in [7, 11) is 0. The van der Waals surface area contributed by atoms with Crippen LogP contribution in [0.15, 0.2) is 78.0 Å². The van der Waals surface area contributed by atoms with Crippen molar-refractivity contribution in [3.8, 4) is 0 Å². The lowest BCUT2D eigenvalue weighted by Crippen LogP contribution is -2.33. The number of nitrogens with zero attached hydrogens (tertiary/aromatic N) is 3. The molecule has 0 aliphatic carbocycles. The summed E-state index contributed by atoms with van der Waals surface area (Å²) in [4.78, 5) is 8.85. The molecule has 0 radical (unpaired) electrons. The van der Waals surface area contributed by atoms with Gasteiger partial charge in [0, 0.05) is 38.4 Å². The molecular weight excluding hydrogens is 322 g/mol. The minimum atomic E-state index is 0.488. The van der Waals surface area contributed by atoms with Gasteiger partial charge in [0.1, 0.15) is 5.82 Å². The van der Waals surface area contributed by atoms with Gasteiger partial charge in [0.15, 0.2) is 5.96 Å². The first-order valence-corrected chi connectivity index (χ1v) is 8.93. The van der Waals surface area contributed by atoms with Crippen molar-refractivity contribution in [2.24, 2.45) is 10.7 Å². The molecule has 0 saturated heterocycles. The summed E-state index contributed by atoms with van der Waals surface area (Å²) in [5.41, 5.74) is 8.50. The van der Waals surface area contributed by atoms with Gasteiger partial charge in [-0.1, -0.05) is 60.7 Å². The van der Waals surface area contributed by atoms with Gasteiger partial charge in [-0.2, -0.15) is 0 Å². The molecule has 3 rings (SSSR count). The van der Waals surface area contributed by atoms with E-state index < -0.39 is 0 Å². The molecule has 0 spiro atoms. The van der Waals surface area contributed by atoms with E-state index in [1.807, 2.05) is 36.7 Å². The van der Waals surface area contributed by atoms with Crippen molar-refractivity contribution < 1.29 is 0 Å². The normalized spacial score (nSPS) is 11.5. The van der Waals surface area contributed by atoms with Crippen molar-refractivity contribution >= 4 is 5.96 Å². The van der Waals surface area contributed by atoms with Gasteiger partial charge in [-0.3, -0.25) is 4.99 Å². The number of benzene rings is 2. The molecule has 0 aliphatic heterocycles. The van der Waals surface area contributed by atoms with Crippen LogP contribution in [0.3, 0.4) is 0 Å². The van der Waals surface area contributed by atoms with E-state index in [2.05, 4.69) is 56.3 Å². The molecule has 0 fully saturated rings. The van der Waals surface area contributed by atoms with Crippen molar-refractivity contribution in [2.45, 2.75) is 19.4 Å². The summed E-state index contributed by atoms with van der Waals surface area (Å²) >= 11 is 0. The maximum Gasteiger partial charge on any atom is 0.188 e. The Kier molecular flexibility index (Phi) is 6.42. The van der Waals surface area contributed by atoms with Gasteiger partial charge in [-0.05, 0) is 17.5 Å². The molecule has 0 amide bonds. The van der Waals surface area contributed by atoms with E-state index >= 15 is 0 Å². The van der Waals surface area contributed by atoms with E-state index in [4.69, 9.17) is 5.73 Å². The van der Waals surface area contributed by atoms with Crippen LogP contribution in [0.4, 0.5) is 0 Å². The molecule has 1 aromatic heterocycles. The SMILES string of the molecule is NC(=NCCc1nccn1Cc1ccccc1)NCCc1ccccc1. The van der Waals surface area contributed by atoms with Crippen molar-refractivity contribution in [1.29, 1.82) is 0 Å². The number of nitrogens with one attached hydrogen (secondary N) is 1. The minimum absolute atomic E-state index is 0.488. The average Bonchev–Trinajstić information content (AvgIpc) is 3.10. The topological polar surface area (TPSA) is 68.2 Å². The zero-order valence-electron chi connectivity index (χ0n) is 14.9. The zero-order valence-corrected chi connectivity index (χ0v) is 14.9. The van der Waals surface area contributed by atoms with Crippen LogP contribution >= 0.6 is 0 Å². The Labute approximate surface area is 154 Å². The molecule has 0 aliphatic rings. The van der Waals surface area contributed by atoms with E-state index in [1.165, 1.54) is 11.1 Å². The highest BCUT2D eigenvalue weighted by molar-refractivity contribution is 5.77. The Hall–Kier alpha value is -3.08. The Bertz CT molecular complexity index is 809. The van der Waals surface area contributed by atoms with Crippen LogP contribution in [0.2, 0.25) is 0 Å².